The van der Waals surface area contributed by atoms with Crippen molar-refractivity contribution >= 4 is 19.8 Å². The van der Waals surface area contributed by atoms with Gasteiger partial charge in [-0.25, -0.2) is 17.2 Å². The lowest BCUT2D eigenvalue weighted by molar-refractivity contribution is 0.246. The Kier molecular flexibility index (Phi) is 3.23. The van der Waals surface area contributed by atoms with Gasteiger partial charge in [-0.1, -0.05) is 24.4 Å². The van der Waals surface area contributed by atoms with Crippen molar-refractivity contribution < 1.29 is 22.0 Å². The minimum absolute atomic E-state index is 0.139. The van der Waals surface area contributed by atoms with E-state index in [2.05, 4.69) is 23.2 Å². The van der Waals surface area contributed by atoms with Gasteiger partial charge in [-0.05, 0) is 12.1 Å². The van der Waals surface area contributed by atoms with Gasteiger partial charge in [0.15, 0.2) is 5.04 Å². The Bertz CT molecular complexity index is 687. The van der Waals surface area contributed by atoms with Gasteiger partial charge in [0.1, 0.15) is 17.4 Å². The minimum atomic E-state index is -4.18. The number of halogens is 2. The van der Waals surface area contributed by atoms with Gasteiger partial charge in [-0.2, -0.15) is 0 Å². The molecule has 2 rings (SSSR count). The topological polar surface area (TPSA) is 55.7 Å². The highest BCUT2D eigenvalue weighted by Gasteiger charge is 2.32. The third kappa shape index (κ3) is 2.28. The van der Waals surface area contributed by atoms with Crippen molar-refractivity contribution in [3.05, 3.63) is 54.3 Å². The van der Waals surface area contributed by atoms with Crippen LogP contribution in [0.2, 0.25) is 0 Å². The van der Waals surface area contributed by atoms with Crippen LogP contribution >= 0.6 is 0 Å². The van der Waals surface area contributed by atoms with Gasteiger partial charge in [0, 0.05) is 0 Å². The number of rotatable bonds is 2. The smallest absolute Gasteiger partial charge is 0.223 e. The lowest BCUT2D eigenvalue weighted by Gasteiger charge is -2.08. The first kappa shape index (κ1) is 13.4. The molecule has 1 aromatic carbocycles. The summed E-state index contributed by atoms with van der Waals surface area (Å²) in [6.45, 7) is 6.66. The van der Waals surface area contributed by atoms with Crippen LogP contribution in [0.1, 0.15) is 12.0 Å². The summed E-state index contributed by atoms with van der Waals surface area (Å²) in [5.41, 5.74) is -0.692. The first-order chi connectivity index (χ1) is 8.84. The molecule has 4 nitrogen and oxygen atoms in total. The third-order valence-electron chi connectivity index (χ3n) is 2.50. The van der Waals surface area contributed by atoms with Crippen LogP contribution in [0.25, 0.3) is 4.91 Å². The van der Waals surface area contributed by atoms with Gasteiger partial charge < -0.3 is 4.84 Å². The molecule has 1 aliphatic rings. The number of hydrogen-bond acceptors (Lipinski definition) is 4. The molecule has 1 aliphatic heterocycles. The molecule has 0 saturated carbocycles. The summed E-state index contributed by atoms with van der Waals surface area (Å²) in [6.07, 6.45) is -0.141. The first-order valence-corrected chi connectivity index (χ1v) is 6.62. The zero-order valence-corrected chi connectivity index (χ0v) is 10.5. The fourth-order valence-electron chi connectivity index (χ4n) is 1.53. The van der Waals surface area contributed by atoms with Crippen molar-refractivity contribution in [3.63, 3.8) is 0 Å². The number of benzene rings is 1. The van der Waals surface area contributed by atoms with Crippen LogP contribution in [0.4, 0.5) is 8.78 Å². The van der Waals surface area contributed by atoms with Gasteiger partial charge >= 0.3 is 0 Å². The van der Waals surface area contributed by atoms with Crippen LogP contribution in [0, 0.1) is 11.6 Å². The molecule has 0 fully saturated rings. The average molecular weight is 285 g/mol. The normalized spacial score (nSPS) is 15.1. The molecule has 0 unspecified atom stereocenters. The summed E-state index contributed by atoms with van der Waals surface area (Å²) >= 11 is 0. The highest BCUT2D eigenvalue weighted by atomic mass is 32.2. The molecule has 0 atom stereocenters. The van der Waals surface area contributed by atoms with Crippen molar-refractivity contribution in [2.45, 2.75) is 6.42 Å². The van der Waals surface area contributed by atoms with Gasteiger partial charge in [0.2, 0.25) is 9.84 Å². The highest BCUT2D eigenvalue weighted by molar-refractivity contribution is 8.14. The zero-order valence-electron chi connectivity index (χ0n) is 9.69. The van der Waals surface area contributed by atoms with Crippen molar-refractivity contribution in [2.75, 3.05) is 0 Å². The van der Waals surface area contributed by atoms with E-state index in [9.17, 15) is 17.2 Å². The predicted octanol–water partition coefficient (Wildman–Crippen LogP) is 2.60. The maximum Gasteiger partial charge on any atom is 0.223 e. The van der Waals surface area contributed by atoms with Crippen molar-refractivity contribution in [1.82, 2.24) is 0 Å². The van der Waals surface area contributed by atoms with E-state index in [4.69, 9.17) is 0 Å². The predicted molar refractivity (Wildman–Crippen MR) is 66.6 cm³/mol. The molecule has 0 radical (unpaired) electrons. The van der Waals surface area contributed by atoms with Crippen LogP contribution in [-0.4, -0.2) is 13.5 Å². The Morgan fingerprint density at radius 1 is 1.32 bits per heavy atom. The number of sulfone groups is 1. The fraction of sp³-hybridized carbons (Fsp3) is 0.0833. The van der Waals surface area contributed by atoms with Crippen LogP contribution in [0.3, 0.4) is 0 Å². The summed E-state index contributed by atoms with van der Waals surface area (Å²) < 4.78 is 51.3. The number of allylic oxidation sites excluding steroid dienone is 1. The number of hydrogen-bond donors (Lipinski definition) is 0. The summed E-state index contributed by atoms with van der Waals surface area (Å²) in [6, 6.07) is 3.03. The molecular weight excluding hydrogens is 276 g/mol. The molecule has 1 aromatic rings. The van der Waals surface area contributed by atoms with Crippen LogP contribution in [0.15, 0.2) is 42.3 Å². The van der Waals surface area contributed by atoms with E-state index in [0.29, 0.717) is 0 Å². The SMILES string of the molecule is C=C1CC(S(=O)(=O)C(=C)c2c(F)cccc2F)=NO1. The van der Waals surface area contributed by atoms with Crippen molar-refractivity contribution in [2.24, 2.45) is 5.16 Å². The van der Waals surface area contributed by atoms with Gasteiger partial charge in [-0.15, -0.1) is 0 Å². The largest absolute Gasteiger partial charge is 0.361 e. The van der Waals surface area contributed by atoms with E-state index in [-0.39, 0.29) is 17.2 Å². The summed E-state index contributed by atoms with van der Waals surface area (Å²) in [5.74, 6) is -1.88. The lowest BCUT2D eigenvalue weighted by Crippen LogP contribution is -2.15. The van der Waals surface area contributed by atoms with Gasteiger partial charge in [0.05, 0.1) is 16.9 Å². The molecule has 0 spiro atoms. The number of nitrogens with zero attached hydrogens (tertiary/aromatic N) is 1. The van der Waals surface area contributed by atoms with Crippen molar-refractivity contribution in [1.29, 1.82) is 0 Å². The van der Waals surface area contributed by atoms with E-state index < -0.39 is 31.9 Å². The Balaban J connectivity index is 2.48. The summed E-state index contributed by atoms with van der Waals surface area (Å²) in [7, 11) is -4.18. The quantitative estimate of drug-likeness (QED) is 0.839. The Hall–Kier alpha value is -2.02. The highest BCUT2D eigenvalue weighted by Crippen LogP contribution is 2.29. The monoisotopic (exact) mass is 285 g/mol. The summed E-state index contributed by atoms with van der Waals surface area (Å²) in [4.78, 5) is 3.89. The maximum absolute atomic E-state index is 13.5. The minimum Gasteiger partial charge on any atom is -0.361 e. The van der Waals surface area contributed by atoms with E-state index in [1.807, 2.05) is 0 Å². The Morgan fingerprint density at radius 3 is 2.37 bits per heavy atom. The standard InChI is InChI=1S/C12H9F2NO3S/c1-7-6-11(15-18-7)19(16,17)8(2)12-9(13)4-3-5-10(12)14/h3-5H,1-2,6H2. The maximum atomic E-state index is 13.5. The molecule has 0 bridgehead atoms. The zero-order chi connectivity index (χ0) is 14.2. The van der Waals surface area contributed by atoms with Crippen LogP contribution < -0.4 is 0 Å². The van der Waals surface area contributed by atoms with E-state index in [1.54, 1.807) is 0 Å². The molecule has 0 aromatic heterocycles. The second-order valence-electron chi connectivity index (χ2n) is 3.82. The molecule has 0 aliphatic carbocycles. The fourth-order valence-corrected chi connectivity index (χ4v) is 2.77. The molecule has 19 heavy (non-hydrogen) atoms. The Labute approximate surface area is 108 Å². The van der Waals surface area contributed by atoms with Crippen molar-refractivity contribution in [3.8, 4) is 0 Å². The van der Waals surface area contributed by atoms with Gasteiger partial charge in [0.25, 0.3) is 0 Å². The molecule has 7 heteroatoms. The van der Waals surface area contributed by atoms with E-state index in [0.717, 1.165) is 18.2 Å². The molecule has 0 N–H and O–H groups in total. The molecule has 1 heterocycles. The van der Waals surface area contributed by atoms with Crippen LogP contribution in [-0.2, 0) is 14.7 Å². The van der Waals surface area contributed by atoms with Crippen LogP contribution in [0.5, 0.6) is 0 Å². The van der Waals surface area contributed by atoms with E-state index in [1.165, 1.54) is 0 Å². The van der Waals surface area contributed by atoms with Gasteiger partial charge in [-0.3, -0.25) is 0 Å². The molecule has 0 saturated heterocycles. The number of oxime groups is 1. The summed E-state index contributed by atoms with van der Waals surface area (Å²) in [5, 5.41) is 2.95. The third-order valence-corrected chi connectivity index (χ3v) is 4.19. The molecule has 0 amide bonds. The average Bonchev–Trinajstić information content (AvgIpc) is 2.76. The molecule has 100 valence electrons. The lowest BCUT2D eigenvalue weighted by atomic mass is 10.2. The first-order valence-electron chi connectivity index (χ1n) is 5.14. The second kappa shape index (κ2) is 4.58. The molecular formula is C12H9F2NO3S. The Morgan fingerprint density at radius 2 is 1.89 bits per heavy atom. The second-order valence-corrected chi connectivity index (χ2v) is 5.79. The van der Waals surface area contributed by atoms with E-state index >= 15 is 0 Å².